The van der Waals surface area contributed by atoms with Crippen molar-refractivity contribution in [2.75, 3.05) is 26.4 Å². The summed E-state index contributed by atoms with van der Waals surface area (Å²) in [5.41, 5.74) is 2.64. The zero-order valence-electron chi connectivity index (χ0n) is 17.0. The van der Waals surface area contributed by atoms with Gasteiger partial charge in [-0.25, -0.2) is 4.98 Å². The maximum Gasteiger partial charge on any atom is 0.335 e. The highest BCUT2D eigenvalue weighted by molar-refractivity contribution is 7.53. The molecule has 2 aromatic carbocycles. The van der Waals surface area contributed by atoms with Crippen molar-refractivity contribution in [3.63, 3.8) is 0 Å². The fourth-order valence-electron chi connectivity index (χ4n) is 2.86. The fraction of sp³-hybridized carbons (Fsp3) is 0.381. The molecule has 7 nitrogen and oxygen atoms in total. The number of nitrogens with zero attached hydrogens (tertiary/aromatic N) is 1. The smallest absolute Gasteiger partial charge is 0.335 e. The largest absolute Gasteiger partial charge is 0.491 e. The normalized spacial score (nSPS) is 12.9. The molecule has 0 aliphatic heterocycles. The second-order valence-corrected chi connectivity index (χ2v) is 9.68. The van der Waals surface area contributed by atoms with Crippen LogP contribution >= 0.6 is 18.9 Å². The van der Waals surface area contributed by atoms with Crippen LogP contribution in [0.25, 0.3) is 20.8 Å². The van der Waals surface area contributed by atoms with E-state index in [-0.39, 0.29) is 19.4 Å². The van der Waals surface area contributed by atoms with Crippen LogP contribution in [0.4, 0.5) is 0 Å². The lowest BCUT2D eigenvalue weighted by atomic mass is 10.2. The first-order chi connectivity index (χ1) is 14.5. The third-order valence-electron chi connectivity index (χ3n) is 4.24. The zero-order valence-corrected chi connectivity index (χ0v) is 18.7. The fourth-order valence-corrected chi connectivity index (χ4v) is 5.52. The van der Waals surface area contributed by atoms with Gasteiger partial charge < -0.3 is 24.0 Å². The highest BCUT2D eigenvalue weighted by Gasteiger charge is 2.24. The molecule has 0 aliphatic rings. The Kier molecular flexibility index (Phi) is 7.99. The second-order valence-electron chi connectivity index (χ2n) is 6.60. The monoisotopic (exact) mass is 451 g/mol. The molecule has 3 rings (SSSR count). The van der Waals surface area contributed by atoms with Crippen molar-refractivity contribution >= 4 is 29.1 Å². The summed E-state index contributed by atoms with van der Waals surface area (Å²) in [6.07, 6.45) is -0.680. The Morgan fingerprint density at radius 2 is 1.80 bits per heavy atom. The summed E-state index contributed by atoms with van der Waals surface area (Å²) in [6, 6.07) is 13.3. The summed E-state index contributed by atoms with van der Waals surface area (Å²) in [5, 5.41) is 19.2. The van der Waals surface area contributed by atoms with Gasteiger partial charge in [0.25, 0.3) is 0 Å². The maximum atomic E-state index is 12.7. The molecule has 0 bridgehead atoms. The molecule has 162 valence electrons. The van der Waals surface area contributed by atoms with E-state index in [1.807, 2.05) is 42.5 Å². The van der Waals surface area contributed by atoms with Crippen LogP contribution in [0.2, 0.25) is 0 Å². The molecule has 1 unspecified atom stereocenters. The molecule has 30 heavy (non-hydrogen) atoms. The van der Waals surface area contributed by atoms with Crippen LogP contribution in [0.5, 0.6) is 5.75 Å². The first-order valence-corrected chi connectivity index (χ1v) is 12.3. The molecule has 0 spiro atoms. The van der Waals surface area contributed by atoms with Crippen LogP contribution in [0, 0.1) is 0 Å². The van der Waals surface area contributed by atoms with Gasteiger partial charge in [0.2, 0.25) is 0 Å². The molecule has 1 aromatic heterocycles. The van der Waals surface area contributed by atoms with Crippen molar-refractivity contribution in [3.8, 4) is 16.3 Å². The molecule has 2 N–H and O–H groups in total. The number of ether oxygens (including phenoxy) is 1. The average molecular weight is 451 g/mol. The van der Waals surface area contributed by atoms with Crippen molar-refractivity contribution in [2.45, 2.75) is 26.1 Å². The quantitative estimate of drug-likeness (QED) is 0.415. The molecule has 1 heterocycles. The van der Waals surface area contributed by atoms with Gasteiger partial charge >= 0.3 is 7.60 Å². The number of aromatic nitrogens is 1. The Labute approximate surface area is 179 Å². The molecule has 1 atom stereocenters. The molecule has 0 saturated carbocycles. The van der Waals surface area contributed by atoms with E-state index in [9.17, 15) is 9.67 Å². The van der Waals surface area contributed by atoms with Gasteiger partial charge in [-0.3, -0.25) is 4.57 Å². The van der Waals surface area contributed by atoms with Crippen LogP contribution in [-0.2, 0) is 19.8 Å². The second kappa shape index (κ2) is 10.5. The van der Waals surface area contributed by atoms with Crippen molar-refractivity contribution < 1.29 is 28.6 Å². The zero-order chi connectivity index (χ0) is 21.6. The maximum absolute atomic E-state index is 12.7. The summed E-state index contributed by atoms with van der Waals surface area (Å²) >= 11 is 1.56. The van der Waals surface area contributed by atoms with Gasteiger partial charge in [0.1, 0.15) is 23.5 Å². The Morgan fingerprint density at radius 1 is 1.10 bits per heavy atom. The summed E-state index contributed by atoms with van der Waals surface area (Å²) < 4.78 is 29.9. The predicted molar refractivity (Wildman–Crippen MR) is 118 cm³/mol. The molecule has 3 aromatic rings. The van der Waals surface area contributed by atoms with Crippen molar-refractivity contribution in [2.24, 2.45) is 0 Å². The van der Waals surface area contributed by atoms with Crippen LogP contribution in [0.3, 0.4) is 0 Å². The van der Waals surface area contributed by atoms with E-state index in [1.54, 1.807) is 25.2 Å². The molecule has 9 heteroatoms. The molecule has 0 saturated heterocycles. The summed E-state index contributed by atoms with van der Waals surface area (Å²) in [5.74, 6) is 0.588. The minimum atomic E-state index is -3.13. The average Bonchev–Trinajstić information content (AvgIpc) is 3.16. The minimum absolute atomic E-state index is 0.0216. The number of thiazole rings is 1. The lowest BCUT2D eigenvalue weighted by molar-refractivity contribution is 0.0536. The topological polar surface area (TPSA) is 98.1 Å². The SMILES string of the molecule is CCOP(=O)(Cc1ccc(-c2nc3cc(OCC(O)CO)ccc3s2)cc1)OCC. The van der Waals surface area contributed by atoms with Gasteiger partial charge in [-0.05, 0) is 31.5 Å². The number of fused-ring (bicyclic) bond motifs is 1. The van der Waals surface area contributed by atoms with E-state index < -0.39 is 13.7 Å². The van der Waals surface area contributed by atoms with E-state index in [2.05, 4.69) is 4.98 Å². The number of aliphatic hydroxyl groups is 2. The number of hydrogen-bond acceptors (Lipinski definition) is 8. The Bertz CT molecular complexity index is 996. The van der Waals surface area contributed by atoms with Gasteiger partial charge in [-0.1, -0.05) is 24.3 Å². The summed E-state index contributed by atoms with van der Waals surface area (Å²) in [6.45, 7) is 3.95. The first-order valence-electron chi connectivity index (χ1n) is 9.76. The molecule has 0 radical (unpaired) electrons. The van der Waals surface area contributed by atoms with E-state index in [0.717, 1.165) is 26.4 Å². The number of rotatable bonds is 11. The van der Waals surface area contributed by atoms with Crippen LogP contribution in [0.15, 0.2) is 42.5 Å². The van der Waals surface area contributed by atoms with Gasteiger partial charge in [0, 0.05) is 11.6 Å². The Hall–Kier alpha value is -1.80. The van der Waals surface area contributed by atoms with Crippen molar-refractivity contribution in [1.82, 2.24) is 4.98 Å². The highest BCUT2D eigenvalue weighted by Crippen LogP contribution is 2.51. The number of aliphatic hydroxyl groups excluding tert-OH is 2. The first kappa shape index (κ1) is 22.9. The summed E-state index contributed by atoms with van der Waals surface area (Å²) in [4.78, 5) is 4.68. The lowest BCUT2D eigenvalue weighted by Crippen LogP contribution is -2.21. The summed E-state index contributed by atoms with van der Waals surface area (Å²) in [7, 11) is -3.13. The van der Waals surface area contributed by atoms with Crippen LogP contribution in [-0.4, -0.2) is 47.7 Å². The van der Waals surface area contributed by atoms with Crippen molar-refractivity contribution in [3.05, 3.63) is 48.0 Å². The number of benzene rings is 2. The molecule has 0 aliphatic carbocycles. The van der Waals surface area contributed by atoms with Gasteiger partial charge in [0.05, 0.1) is 36.2 Å². The van der Waals surface area contributed by atoms with Crippen molar-refractivity contribution in [1.29, 1.82) is 0 Å². The lowest BCUT2D eigenvalue weighted by Gasteiger charge is -2.17. The van der Waals surface area contributed by atoms with E-state index >= 15 is 0 Å². The third-order valence-corrected chi connectivity index (χ3v) is 7.38. The van der Waals surface area contributed by atoms with Gasteiger partial charge in [0.15, 0.2) is 0 Å². The minimum Gasteiger partial charge on any atom is -0.491 e. The van der Waals surface area contributed by atoms with E-state index in [0.29, 0.717) is 19.0 Å². The van der Waals surface area contributed by atoms with Crippen LogP contribution < -0.4 is 4.74 Å². The molecule has 0 fully saturated rings. The molecular formula is C21H26NO6PS. The van der Waals surface area contributed by atoms with E-state index in [4.69, 9.17) is 18.9 Å². The highest BCUT2D eigenvalue weighted by atomic mass is 32.1. The van der Waals surface area contributed by atoms with Gasteiger partial charge in [-0.15, -0.1) is 11.3 Å². The molecular weight excluding hydrogens is 425 g/mol. The number of hydrogen-bond donors (Lipinski definition) is 2. The predicted octanol–water partition coefficient (Wildman–Crippen LogP) is 4.46. The molecule has 0 amide bonds. The standard InChI is InChI=1S/C21H26NO6PS/c1-3-27-29(25,28-4-2)14-15-5-7-16(8-6-15)21-22-19-11-18(9-10-20(19)30-21)26-13-17(24)12-23/h5-11,17,23-24H,3-4,12-14H2,1-2H3. The Balaban J connectivity index is 1.74. The van der Waals surface area contributed by atoms with Gasteiger partial charge in [-0.2, -0.15) is 0 Å². The Morgan fingerprint density at radius 3 is 2.43 bits per heavy atom. The third kappa shape index (κ3) is 5.88. The van der Waals surface area contributed by atoms with Crippen LogP contribution in [0.1, 0.15) is 19.4 Å². The van der Waals surface area contributed by atoms with E-state index in [1.165, 1.54) is 0 Å².